The second kappa shape index (κ2) is 4.44. The number of nitrogens with one attached hydrogen (secondary N) is 1. The number of carbonyl (C=O) groups is 1. The molecule has 8 nitrogen and oxygen atoms in total. The summed E-state index contributed by atoms with van der Waals surface area (Å²) in [5.41, 5.74) is -0.960. The van der Waals surface area contributed by atoms with Crippen LogP contribution in [-0.2, 0) is 7.05 Å². The van der Waals surface area contributed by atoms with Gasteiger partial charge >= 0.3 is 17.1 Å². The van der Waals surface area contributed by atoms with Gasteiger partial charge in [-0.2, -0.15) is 5.10 Å². The first kappa shape index (κ1) is 12.9. The molecule has 0 unspecified atom stereocenters. The molecule has 0 aliphatic heterocycles. The highest BCUT2D eigenvalue weighted by atomic mass is 16.4. The molecule has 8 heteroatoms. The van der Waals surface area contributed by atoms with Crippen LogP contribution in [0, 0.1) is 0 Å². The molecule has 2 N–H and O–H groups in total. The summed E-state index contributed by atoms with van der Waals surface area (Å²) in [6.45, 7) is 0. The Morgan fingerprint density at radius 3 is 2.67 bits per heavy atom. The molecule has 0 bridgehead atoms. The van der Waals surface area contributed by atoms with E-state index in [0.29, 0.717) is 11.3 Å². The molecule has 0 radical (unpaired) electrons. The zero-order valence-electron chi connectivity index (χ0n) is 10.9. The second-order valence-corrected chi connectivity index (χ2v) is 4.48. The SMILES string of the molecule is Cn1ccc(-n2c(=O)c(=O)[nH]c3cc(C(=O)O)ccc32)n1. The fraction of sp³-hybridized carbons (Fsp3) is 0.0769. The maximum absolute atomic E-state index is 12.1. The Balaban J connectivity index is 2.42. The average molecular weight is 286 g/mol. The molecule has 0 atom stereocenters. The van der Waals surface area contributed by atoms with Crippen molar-refractivity contribution in [2.75, 3.05) is 0 Å². The van der Waals surface area contributed by atoms with E-state index >= 15 is 0 Å². The summed E-state index contributed by atoms with van der Waals surface area (Å²) >= 11 is 0. The van der Waals surface area contributed by atoms with Crippen LogP contribution >= 0.6 is 0 Å². The lowest BCUT2D eigenvalue weighted by Crippen LogP contribution is -2.35. The van der Waals surface area contributed by atoms with E-state index in [9.17, 15) is 14.4 Å². The minimum Gasteiger partial charge on any atom is -0.478 e. The molecular formula is C13H10N4O4. The van der Waals surface area contributed by atoms with Crippen molar-refractivity contribution in [1.82, 2.24) is 19.3 Å². The first-order valence-electron chi connectivity index (χ1n) is 6.00. The third kappa shape index (κ3) is 2.02. The zero-order chi connectivity index (χ0) is 15.1. The smallest absolute Gasteiger partial charge is 0.335 e. The van der Waals surface area contributed by atoms with E-state index in [1.165, 1.54) is 22.9 Å². The van der Waals surface area contributed by atoms with E-state index in [0.717, 1.165) is 4.57 Å². The largest absolute Gasteiger partial charge is 0.478 e. The maximum Gasteiger partial charge on any atom is 0.335 e. The number of aryl methyl sites for hydroxylation is 1. The Bertz CT molecular complexity index is 980. The normalized spacial score (nSPS) is 10.9. The van der Waals surface area contributed by atoms with Gasteiger partial charge in [-0.05, 0) is 18.2 Å². The van der Waals surface area contributed by atoms with Crippen LogP contribution in [0.3, 0.4) is 0 Å². The summed E-state index contributed by atoms with van der Waals surface area (Å²) in [6.07, 6.45) is 1.64. The third-order valence-corrected chi connectivity index (χ3v) is 3.06. The van der Waals surface area contributed by atoms with Gasteiger partial charge in [0.25, 0.3) is 0 Å². The Morgan fingerprint density at radius 2 is 2.05 bits per heavy atom. The van der Waals surface area contributed by atoms with Gasteiger partial charge in [-0.25, -0.2) is 4.79 Å². The van der Waals surface area contributed by atoms with Crippen molar-refractivity contribution < 1.29 is 9.90 Å². The molecule has 106 valence electrons. The second-order valence-electron chi connectivity index (χ2n) is 4.48. The number of carboxylic acids is 1. The Morgan fingerprint density at radius 1 is 1.29 bits per heavy atom. The summed E-state index contributed by atoms with van der Waals surface area (Å²) in [4.78, 5) is 37.2. The number of fused-ring (bicyclic) bond motifs is 1. The molecule has 2 aromatic heterocycles. The van der Waals surface area contributed by atoms with Crippen LogP contribution in [0.15, 0.2) is 40.1 Å². The molecule has 21 heavy (non-hydrogen) atoms. The Hall–Kier alpha value is -3.16. The highest BCUT2D eigenvalue weighted by Gasteiger charge is 2.13. The van der Waals surface area contributed by atoms with Gasteiger partial charge in [0.05, 0.1) is 16.6 Å². The zero-order valence-corrected chi connectivity index (χ0v) is 10.9. The summed E-state index contributed by atoms with van der Waals surface area (Å²) in [7, 11) is 1.69. The van der Waals surface area contributed by atoms with Gasteiger partial charge in [0.1, 0.15) is 0 Å². The topological polar surface area (TPSA) is 110 Å². The quantitative estimate of drug-likeness (QED) is 0.650. The number of benzene rings is 1. The first-order chi connectivity index (χ1) is 9.97. The molecule has 0 spiro atoms. The van der Waals surface area contributed by atoms with Crippen molar-refractivity contribution in [2.24, 2.45) is 7.05 Å². The van der Waals surface area contributed by atoms with Crippen LogP contribution < -0.4 is 11.1 Å². The fourth-order valence-corrected chi connectivity index (χ4v) is 2.10. The monoisotopic (exact) mass is 286 g/mol. The first-order valence-corrected chi connectivity index (χ1v) is 6.00. The Kier molecular flexibility index (Phi) is 2.72. The van der Waals surface area contributed by atoms with E-state index in [2.05, 4.69) is 10.1 Å². The van der Waals surface area contributed by atoms with Crippen molar-refractivity contribution in [2.45, 2.75) is 0 Å². The number of rotatable bonds is 2. The van der Waals surface area contributed by atoms with E-state index in [1.54, 1.807) is 19.3 Å². The highest BCUT2D eigenvalue weighted by Crippen LogP contribution is 2.14. The standard InChI is InChI=1S/C13H10N4O4/c1-16-5-4-10(15-16)17-9-3-2-7(13(20)21)6-8(9)14-11(18)12(17)19/h2-6H,1H3,(H,14,18)(H,20,21). The molecule has 0 aliphatic carbocycles. The number of hydrogen-bond acceptors (Lipinski definition) is 4. The lowest BCUT2D eigenvalue weighted by Gasteiger charge is -2.07. The van der Waals surface area contributed by atoms with E-state index in [4.69, 9.17) is 5.11 Å². The molecule has 3 rings (SSSR count). The van der Waals surface area contributed by atoms with Gasteiger partial charge in [-0.1, -0.05) is 0 Å². The number of carboxylic acid groups (broad SMARTS) is 1. The van der Waals surface area contributed by atoms with Crippen molar-refractivity contribution in [1.29, 1.82) is 0 Å². The maximum atomic E-state index is 12.1. The number of hydrogen-bond donors (Lipinski definition) is 2. The predicted molar refractivity (Wildman–Crippen MR) is 73.9 cm³/mol. The van der Waals surface area contributed by atoms with Crippen molar-refractivity contribution in [3.8, 4) is 5.82 Å². The van der Waals surface area contributed by atoms with Crippen LogP contribution in [0.2, 0.25) is 0 Å². The van der Waals surface area contributed by atoms with Crippen molar-refractivity contribution in [3.63, 3.8) is 0 Å². The van der Waals surface area contributed by atoms with E-state index in [-0.39, 0.29) is 11.1 Å². The fourth-order valence-electron chi connectivity index (χ4n) is 2.10. The highest BCUT2D eigenvalue weighted by molar-refractivity contribution is 5.92. The van der Waals surface area contributed by atoms with Crippen LogP contribution in [0.25, 0.3) is 16.9 Å². The van der Waals surface area contributed by atoms with Gasteiger partial charge in [-0.15, -0.1) is 0 Å². The minimum atomic E-state index is -1.12. The predicted octanol–water partition coefficient (Wildman–Crippen LogP) is 0.111. The summed E-state index contributed by atoms with van der Waals surface area (Å²) in [5, 5.41) is 13.1. The van der Waals surface area contributed by atoms with Crippen molar-refractivity contribution >= 4 is 17.0 Å². The lowest BCUT2D eigenvalue weighted by atomic mass is 10.2. The summed E-state index contributed by atoms with van der Waals surface area (Å²) in [5.74, 6) is -0.824. The molecule has 0 amide bonds. The van der Waals surface area contributed by atoms with E-state index < -0.39 is 17.1 Å². The average Bonchev–Trinajstić information content (AvgIpc) is 2.85. The van der Waals surface area contributed by atoms with Crippen LogP contribution in [0.1, 0.15) is 10.4 Å². The van der Waals surface area contributed by atoms with Gasteiger partial charge in [0.15, 0.2) is 5.82 Å². The molecule has 0 aliphatic rings. The van der Waals surface area contributed by atoms with Gasteiger partial charge < -0.3 is 10.1 Å². The van der Waals surface area contributed by atoms with Crippen LogP contribution in [0.5, 0.6) is 0 Å². The number of aromatic nitrogens is 4. The van der Waals surface area contributed by atoms with Crippen LogP contribution in [0.4, 0.5) is 0 Å². The molecule has 0 saturated heterocycles. The molecule has 0 fully saturated rings. The molecule has 2 heterocycles. The number of nitrogens with zero attached hydrogens (tertiary/aromatic N) is 3. The summed E-state index contributed by atoms with van der Waals surface area (Å²) in [6, 6.07) is 5.72. The van der Waals surface area contributed by atoms with Crippen molar-refractivity contribution in [3.05, 3.63) is 56.7 Å². The number of aromatic carboxylic acids is 1. The number of H-pyrrole nitrogens is 1. The van der Waals surface area contributed by atoms with Crippen LogP contribution in [-0.4, -0.2) is 30.4 Å². The van der Waals surface area contributed by atoms with Gasteiger partial charge in [-0.3, -0.25) is 18.8 Å². The Labute approximate surface area is 116 Å². The summed E-state index contributed by atoms with van der Waals surface area (Å²) < 4.78 is 2.65. The number of aromatic amines is 1. The molecule has 0 saturated carbocycles. The molecule has 3 aromatic rings. The third-order valence-electron chi connectivity index (χ3n) is 3.06. The van der Waals surface area contributed by atoms with Gasteiger partial charge in [0, 0.05) is 19.3 Å². The van der Waals surface area contributed by atoms with Gasteiger partial charge in [0.2, 0.25) is 0 Å². The lowest BCUT2D eigenvalue weighted by molar-refractivity contribution is 0.0697. The molecular weight excluding hydrogens is 276 g/mol. The van der Waals surface area contributed by atoms with E-state index in [1.807, 2.05) is 0 Å². The molecule has 1 aromatic carbocycles. The minimum absolute atomic E-state index is 0.0179.